The Morgan fingerprint density at radius 2 is 2.00 bits per heavy atom. The molecule has 5 nitrogen and oxygen atoms in total. The van der Waals surface area contributed by atoms with E-state index in [0.29, 0.717) is 19.0 Å². The summed E-state index contributed by atoms with van der Waals surface area (Å²) in [4.78, 5) is 8.62. The molecule has 0 radical (unpaired) electrons. The Hall–Kier alpha value is -1.83. The molecular weight excluding hydrogens is 439 g/mol. The summed E-state index contributed by atoms with van der Waals surface area (Å²) in [6.45, 7) is 7.68. The van der Waals surface area contributed by atoms with Crippen molar-refractivity contribution in [3.05, 3.63) is 59.3 Å². The first kappa shape index (κ1) is 22.2. The number of aryl methyl sites for hydroxylation is 1. The first-order valence-electron chi connectivity index (χ1n) is 8.74. The molecule has 2 aromatic rings. The van der Waals surface area contributed by atoms with Gasteiger partial charge < -0.3 is 15.4 Å². The van der Waals surface area contributed by atoms with Crippen LogP contribution in [0.5, 0.6) is 5.88 Å². The highest BCUT2D eigenvalue weighted by atomic mass is 127. The zero-order valence-electron chi connectivity index (χ0n) is 16.0. The fraction of sp³-hybridized carbons (Fsp3) is 0.400. The maximum atomic E-state index is 5.50. The molecule has 0 aliphatic carbocycles. The van der Waals surface area contributed by atoms with Crippen LogP contribution in [0.2, 0.25) is 0 Å². The van der Waals surface area contributed by atoms with E-state index >= 15 is 0 Å². The summed E-state index contributed by atoms with van der Waals surface area (Å²) < 4.78 is 5.50. The normalized spacial score (nSPS) is 12.1. The Labute approximate surface area is 173 Å². The van der Waals surface area contributed by atoms with Gasteiger partial charge in [0.15, 0.2) is 5.96 Å². The molecule has 0 aliphatic heterocycles. The number of guanidine groups is 1. The van der Waals surface area contributed by atoms with E-state index in [1.54, 1.807) is 7.05 Å². The van der Waals surface area contributed by atoms with Crippen LogP contribution in [0.4, 0.5) is 0 Å². The Morgan fingerprint density at radius 3 is 2.62 bits per heavy atom. The lowest BCUT2D eigenvalue weighted by Gasteiger charge is -2.20. The SMILES string of the molecule is CCCOc1ccc(CNC(=NC)NC(C)c2ccccc2C)cn1.I. The molecule has 1 aromatic heterocycles. The van der Waals surface area contributed by atoms with Gasteiger partial charge in [0.05, 0.1) is 12.6 Å². The molecule has 0 bridgehead atoms. The monoisotopic (exact) mass is 468 g/mol. The highest BCUT2D eigenvalue weighted by Gasteiger charge is 2.09. The Bertz CT molecular complexity index is 688. The van der Waals surface area contributed by atoms with Crippen molar-refractivity contribution in [1.82, 2.24) is 15.6 Å². The fourth-order valence-electron chi connectivity index (χ4n) is 2.54. The van der Waals surface area contributed by atoms with E-state index in [9.17, 15) is 0 Å². The van der Waals surface area contributed by atoms with Crippen molar-refractivity contribution in [2.24, 2.45) is 4.99 Å². The van der Waals surface area contributed by atoms with E-state index in [1.165, 1.54) is 11.1 Å². The van der Waals surface area contributed by atoms with E-state index in [1.807, 2.05) is 18.3 Å². The summed E-state index contributed by atoms with van der Waals surface area (Å²) in [6, 6.07) is 12.5. The minimum absolute atomic E-state index is 0. The van der Waals surface area contributed by atoms with Gasteiger partial charge in [0.2, 0.25) is 5.88 Å². The van der Waals surface area contributed by atoms with Gasteiger partial charge in [-0.2, -0.15) is 0 Å². The number of halogens is 1. The number of hydrogen-bond donors (Lipinski definition) is 2. The number of ether oxygens (including phenoxy) is 1. The van der Waals surface area contributed by atoms with Gasteiger partial charge in [-0.3, -0.25) is 4.99 Å². The zero-order chi connectivity index (χ0) is 18.1. The van der Waals surface area contributed by atoms with Crippen LogP contribution in [0.25, 0.3) is 0 Å². The molecule has 0 saturated heterocycles. The van der Waals surface area contributed by atoms with Gasteiger partial charge in [-0.1, -0.05) is 37.3 Å². The van der Waals surface area contributed by atoms with Crippen LogP contribution < -0.4 is 15.4 Å². The number of pyridine rings is 1. The topological polar surface area (TPSA) is 58.5 Å². The number of aliphatic imine (C=N–C) groups is 1. The van der Waals surface area contributed by atoms with Crippen molar-refractivity contribution in [2.75, 3.05) is 13.7 Å². The standard InChI is InChI=1S/C20H28N4O.HI/c1-5-12-25-19-11-10-17(13-22-19)14-23-20(21-4)24-16(3)18-9-7-6-8-15(18)2;/h6-11,13,16H,5,12,14H2,1-4H3,(H2,21,23,24);1H. The first-order chi connectivity index (χ1) is 12.1. The smallest absolute Gasteiger partial charge is 0.213 e. The third-order valence-electron chi connectivity index (χ3n) is 3.94. The van der Waals surface area contributed by atoms with Gasteiger partial charge in [-0.15, -0.1) is 24.0 Å². The first-order valence-corrected chi connectivity index (χ1v) is 8.74. The van der Waals surface area contributed by atoms with E-state index in [4.69, 9.17) is 4.74 Å². The molecule has 0 amide bonds. The fourth-order valence-corrected chi connectivity index (χ4v) is 2.54. The molecular formula is C20H29IN4O. The number of nitrogens with zero attached hydrogens (tertiary/aromatic N) is 2. The summed E-state index contributed by atoms with van der Waals surface area (Å²) in [6.07, 6.45) is 2.81. The predicted octanol–water partition coefficient (Wildman–Crippen LogP) is 4.22. The molecule has 26 heavy (non-hydrogen) atoms. The van der Waals surface area contributed by atoms with Crippen LogP contribution in [0.15, 0.2) is 47.6 Å². The van der Waals surface area contributed by atoms with E-state index in [-0.39, 0.29) is 30.0 Å². The zero-order valence-corrected chi connectivity index (χ0v) is 18.3. The van der Waals surface area contributed by atoms with Crippen molar-refractivity contribution in [3.63, 3.8) is 0 Å². The Kier molecular flexibility index (Phi) is 10.0. The van der Waals surface area contributed by atoms with Gasteiger partial charge in [0.1, 0.15) is 0 Å². The summed E-state index contributed by atoms with van der Waals surface area (Å²) in [7, 11) is 1.78. The molecule has 2 rings (SSSR count). The van der Waals surface area contributed by atoms with Crippen LogP contribution in [0, 0.1) is 6.92 Å². The molecule has 1 heterocycles. The van der Waals surface area contributed by atoms with Crippen molar-refractivity contribution < 1.29 is 4.74 Å². The molecule has 0 fully saturated rings. The molecule has 2 N–H and O–H groups in total. The third kappa shape index (κ3) is 6.82. The summed E-state index contributed by atoms with van der Waals surface area (Å²) >= 11 is 0. The van der Waals surface area contributed by atoms with Crippen LogP contribution in [0.3, 0.4) is 0 Å². The van der Waals surface area contributed by atoms with E-state index in [2.05, 4.69) is 65.6 Å². The number of rotatable bonds is 7. The van der Waals surface area contributed by atoms with Gasteiger partial charge in [0, 0.05) is 25.9 Å². The number of nitrogens with one attached hydrogen (secondary N) is 2. The molecule has 0 saturated carbocycles. The minimum Gasteiger partial charge on any atom is -0.478 e. The molecule has 142 valence electrons. The van der Waals surface area contributed by atoms with E-state index in [0.717, 1.165) is 17.9 Å². The second-order valence-electron chi connectivity index (χ2n) is 6.00. The number of hydrogen-bond acceptors (Lipinski definition) is 3. The molecule has 1 unspecified atom stereocenters. The maximum Gasteiger partial charge on any atom is 0.213 e. The van der Waals surface area contributed by atoms with Crippen LogP contribution in [-0.4, -0.2) is 24.6 Å². The molecule has 1 atom stereocenters. The number of aromatic nitrogens is 1. The average molecular weight is 468 g/mol. The number of benzene rings is 1. The summed E-state index contributed by atoms with van der Waals surface area (Å²) in [5.74, 6) is 1.43. The van der Waals surface area contributed by atoms with E-state index < -0.39 is 0 Å². The van der Waals surface area contributed by atoms with Gasteiger partial charge in [0.25, 0.3) is 0 Å². The Morgan fingerprint density at radius 1 is 1.23 bits per heavy atom. The lowest BCUT2D eigenvalue weighted by atomic mass is 10.0. The van der Waals surface area contributed by atoms with Crippen LogP contribution in [0.1, 0.15) is 43.0 Å². The van der Waals surface area contributed by atoms with Gasteiger partial charge in [-0.25, -0.2) is 4.98 Å². The lowest BCUT2D eigenvalue weighted by Crippen LogP contribution is -2.38. The summed E-state index contributed by atoms with van der Waals surface area (Å²) in [5.41, 5.74) is 3.62. The highest BCUT2D eigenvalue weighted by Crippen LogP contribution is 2.16. The van der Waals surface area contributed by atoms with Gasteiger partial charge in [-0.05, 0) is 37.0 Å². The average Bonchev–Trinajstić information content (AvgIpc) is 2.64. The highest BCUT2D eigenvalue weighted by molar-refractivity contribution is 14.0. The third-order valence-corrected chi connectivity index (χ3v) is 3.94. The molecule has 0 spiro atoms. The second kappa shape index (κ2) is 11.7. The van der Waals surface area contributed by atoms with Crippen molar-refractivity contribution in [1.29, 1.82) is 0 Å². The maximum absolute atomic E-state index is 5.50. The summed E-state index contributed by atoms with van der Waals surface area (Å²) in [5, 5.41) is 6.75. The lowest BCUT2D eigenvalue weighted by molar-refractivity contribution is 0.305. The Balaban J connectivity index is 0.00000338. The molecule has 1 aromatic carbocycles. The predicted molar refractivity (Wildman–Crippen MR) is 118 cm³/mol. The minimum atomic E-state index is 0. The van der Waals surface area contributed by atoms with Crippen LogP contribution in [-0.2, 0) is 6.54 Å². The quantitative estimate of drug-likeness (QED) is 0.363. The molecule has 6 heteroatoms. The van der Waals surface area contributed by atoms with Crippen molar-refractivity contribution in [2.45, 2.75) is 39.8 Å². The largest absolute Gasteiger partial charge is 0.478 e. The second-order valence-corrected chi connectivity index (χ2v) is 6.00. The van der Waals surface area contributed by atoms with Crippen molar-refractivity contribution >= 4 is 29.9 Å². The van der Waals surface area contributed by atoms with Crippen molar-refractivity contribution in [3.8, 4) is 5.88 Å². The molecule has 0 aliphatic rings. The van der Waals surface area contributed by atoms with Crippen LogP contribution >= 0.6 is 24.0 Å². The van der Waals surface area contributed by atoms with Gasteiger partial charge >= 0.3 is 0 Å².